The standard InChI is InChI=1S/C23H27N7O3/c1-15-19(33-17-6-8-26-18(10-17)16(11-24)12-25-2)4-5-20(27-15)28-22(32)30-9-7-23(21(30)31)13-29(3)14-23/h4-6,8,10-12H,7,9,13-14,24H2,1-3H3,(H,27,28,32). The van der Waals surface area contributed by atoms with Crippen molar-refractivity contribution in [2.75, 3.05) is 39.0 Å². The van der Waals surface area contributed by atoms with Crippen molar-refractivity contribution in [1.82, 2.24) is 19.8 Å². The molecule has 0 saturated carbocycles. The van der Waals surface area contributed by atoms with Crippen LogP contribution < -0.4 is 15.8 Å². The van der Waals surface area contributed by atoms with Gasteiger partial charge in [0, 0.05) is 56.9 Å². The number of carbonyl (C=O) groups excluding carboxylic acids is 2. The van der Waals surface area contributed by atoms with E-state index in [9.17, 15) is 9.59 Å². The summed E-state index contributed by atoms with van der Waals surface area (Å²) in [6, 6.07) is 6.39. The molecule has 0 aromatic carbocycles. The highest BCUT2D eigenvalue weighted by molar-refractivity contribution is 6.08. The van der Waals surface area contributed by atoms with Crippen LogP contribution in [0, 0.1) is 12.3 Å². The van der Waals surface area contributed by atoms with E-state index >= 15 is 0 Å². The van der Waals surface area contributed by atoms with Gasteiger partial charge in [0.15, 0.2) is 0 Å². The number of carbonyl (C=O) groups is 2. The highest BCUT2D eigenvalue weighted by Crippen LogP contribution is 2.40. The second-order valence-corrected chi connectivity index (χ2v) is 8.36. The molecular weight excluding hydrogens is 422 g/mol. The van der Waals surface area contributed by atoms with Crippen LogP contribution in [0.15, 0.2) is 41.7 Å². The highest BCUT2D eigenvalue weighted by Gasteiger charge is 2.54. The third-order valence-corrected chi connectivity index (χ3v) is 5.88. The number of pyridine rings is 2. The zero-order valence-electron chi connectivity index (χ0n) is 18.9. The van der Waals surface area contributed by atoms with E-state index in [1.807, 2.05) is 7.05 Å². The summed E-state index contributed by atoms with van der Waals surface area (Å²) in [7, 11) is 3.63. The fourth-order valence-electron chi connectivity index (χ4n) is 4.29. The second-order valence-electron chi connectivity index (χ2n) is 8.36. The van der Waals surface area contributed by atoms with E-state index in [1.54, 1.807) is 50.6 Å². The van der Waals surface area contributed by atoms with Crippen LogP contribution in [0.3, 0.4) is 0 Å². The summed E-state index contributed by atoms with van der Waals surface area (Å²) < 4.78 is 5.96. The summed E-state index contributed by atoms with van der Waals surface area (Å²) >= 11 is 0. The van der Waals surface area contributed by atoms with Gasteiger partial charge in [0.1, 0.15) is 17.3 Å². The van der Waals surface area contributed by atoms with Gasteiger partial charge in [-0.2, -0.15) is 0 Å². The third kappa shape index (κ3) is 4.42. The Bertz CT molecular complexity index is 1140. The predicted molar refractivity (Wildman–Crippen MR) is 125 cm³/mol. The minimum atomic E-state index is -0.454. The number of hydrogen-bond acceptors (Lipinski definition) is 8. The molecule has 2 aliphatic rings. The average Bonchev–Trinajstić information content (AvgIpc) is 3.11. The Balaban J connectivity index is 1.43. The van der Waals surface area contributed by atoms with Gasteiger partial charge in [0.2, 0.25) is 5.91 Å². The molecule has 0 radical (unpaired) electrons. The zero-order valence-corrected chi connectivity index (χ0v) is 18.9. The summed E-state index contributed by atoms with van der Waals surface area (Å²) in [5.74, 6) is 1.33. The number of allylic oxidation sites excluding steroid dienone is 1. The van der Waals surface area contributed by atoms with Crippen molar-refractivity contribution >= 4 is 29.5 Å². The van der Waals surface area contributed by atoms with Gasteiger partial charge in [-0.15, -0.1) is 0 Å². The first-order valence-electron chi connectivity index (χ1n) is 10.6. The van der Waals surface area contributed by atoms with Gasteiger partial charge in [-0.05, 0) is 38.6 Å². The van der Waals surface area contributed by atoms with E-state index in [1.165, 1.54) is 11.1 Å². The van der Waals surface area contributed by atoms with E-state index in [4.69, 9.17) is 10.5 Å². The lowest BCUT2D eigenvalue weighted by Gasteiger charge is -2.44. The van der Waals surface area contributed by atoms with Gasteiger partial charge in [0.05, 0.1) is 16.8 Å². The molecule has 2 fully saturated rings. The molecule has 3 amide bonds. The van der Waals surface area contributed by atoms with Crippen LogP contribution in [0.4, 0.5) is 10.6 Å². The molecule has 0 unspecified atom stereocenters. The van der Waals surface area contributed by atoms with Crippen molar-refractivity contribution in [3.8, 4) is 11.5 Å². The van der Waals surface area contributed by atoms with Crippen molar-refractivity contribution in [3.63, 3.8) is 0 Å². The van der Waals surface area contributed by atoms with Crippen molar-refractivity contribution in [3.05, 3.63) is 48.1 Å². The Morgan fingerprint density at radius 2 is 2.12 bits per heavy atom. The smallest absolute Gasteiger partial charge is 0.329 e. The van der Waals surface area contributed by atoms with Gasteiger partial charge < -0.3 is 15.4 Å². The average molecular weight is 450 g/mol. The lowest BCUT2D eigenvalue weighted by atomic mass is 9.79. The summed E-state index contributed by atoms with van der Waals surface area (Å²) in [5, 5.41) is 2.73. The molecule has 2 aromatic rings. The number of likely N-dealkylation sites (tertiary alicyclic amines) is 2. The summed E-state index contributed by atoms with van der Waals surface area (Å²) in [5.41, 5.74) is 7.13. The number of aliphatic imine (C=N–C) groups is 1. The van der Waals surface area contributed by atoms with Gasteiger partial charge in [-0.25, -0.2) is 9.78 Å². The van der Waals surface area contributed by atoms with Crippen LogP contribution in [0.5, 0.6) is 11.5 Å². The van der Waals surface area contributed by atoms with Gasteiger partial charge in [-0.1, -0.05) is 0 Å². The number of nitrogens with two attached hydrogens (primary N) is 1. The minimum absolute atomic E-state index is 0.109. The van der Waals surface area contributed by atoms with Crippen molar-refractivity contribution in [1.29, 1.82) is 0 Å². The van der Waals surface area contributed by atoms with Crippen LogP contribution in [-0.4, -0.2) is 71.7 Å². The molecule has 2 saturated heterocycles. The molecule has 172 valence electrons. The fourth-order valence-corrected chi connectivity index (χ4v) is 4.29. The maximum absolute atomic E-state index is 12.7. The number of nitrogens with one attached hydrogen (secondary N) is 1. The summed E-state index contributed by atoms with van der Waals surface area (Å²) in [4.78, 5) is 41.5. The van der Waals surface area contributed by atoms with E-state index in [0.29, 0.717) is 60.3 Å². The number of nitrogens with zero attached hydrogens (tertiary/aromatic N) is 5. The number of anilines is 1. The number of amides is 3. The molecule has 33 heavy (non-hydrogen) atoms. The number of urea groups is 1. The van der Waals surface area contributed by atoms with Gasteiger partial charge in [-0.3, -0.25) is 25.0 Å². The maximum Gasteiger partial charge on any atom is 0.329 e. The Hall–Kier alpha value is -3.79. The van der Waals surface area contributed by atoms with Crippen LogP contribution in [0.2, 0.25) is 0 Å². The maximum atomic E-state index is 12.7. The lowest BCUT2D eigenvalue weighted by molar-refractivity contribution is -0.141. The lowest BCUT2D eigenvalue weighted by Crippen LogP contribution is -2.58. The molecule has 1 spiro atoms. The van der Waals surface area contributed by atoms with Crippen molar-refractivity contribution < 1.29 is 14.3 Å². The number of aromatic nitrogens is 2. The Morgan fingerprint density at radius 1 is 1.33 bits per heavy atom. The van der Waals surface area contributed by atoms with Crippen LogP contribution >= 0.6 is 0 Å². The summed E-state index contributed by atoms with van der Waals surface area (Å²) in [6.45, 7) is 3.60. The first-order chi connectivity index (χ1) is 15.8. The molecular formula is C23H27N7O3. The monoisotopic (exact) mass is 449 g/mol. The van der Waals surface area contributed by atoms with Crippen LogP contribution in [-0.2, 0) is 4.79 Å². The predicted octanol–water partition coefficient (Wildman–Crippen LogP) is 2.27. The second kappa shape index (κ2) is 8.99. The molecule has 10 nitrogen and oxygen atoms in total. The molecule has 0 bridgehead atoms. The first-order valence-corrected chi connectivity index (χ1v) is 10.6. The Labute approximate surface area is 192 Å². The van der Waals surface area contributed by atoms with E-state index in [0.717, 1.165) is 0 Å². The zero-order chi connectivity index (χ0) is 23.6. The summed E-state index contributed by atoms with van der Waals surface area (Å²) in [6.07, 6.45) is 5.36. The largest absolute Gasteiger partial charge is 0.455 e. The number of ether oxygens (including phenoxy) is 1. The topological polar surface area (TPSA) is 126 Å². The fraction of sp³-hybridized carbons (Fsp3) is 0.348. The minimum Gasteiger partial charge on any atom is -0.455 e. The molecule has 3 N–H and O–H groups in total. The molecule has 4 rings (SSSR count). The first kappa shape index (κ1) is 22.4. The van der Waals surface area contributed by atoms with Crippen LogP contribution in [0.25, 0.3) is 5.57 Å². The molecule has 2 aromatic heterocycles. The number of aryl methyl sites for hydroxylation is 1. The highest BCUT2D eigenvalue weighted by atomic mass is 16.5. The molecule has 2 aliphatic heterocycles. The molecule has 4 heterocycles. The Kier molecular flexibility index (Phi) is 6.10. The number of rotatable bonds is 5. The van der Waals surface area contributed by atoms with E-state index < -0.39 is 11.4 Å². The molecule has 0 atom stereocenters. The normalized spacial score (nSPS) is 18.1. The number of imide groups is 1. The molecule has 0 aliphatic carbocycles. The SMILES string of the molecule is CN=CC(=CN)c1cc(Oc2ccc(NC(=O)N3CCC4(CN(C)C4)C3=O)nc2C)ccn1. The van der Waals surface area contributed by atoms with E-state index in [-0.39, 0.29) is 5.91 Å². The van der Waals surface area contributed by atoms with Crippen molar-refractivity contribution in [2.24, 2.45) is 16.1 Å². The van der Waals surface area contributed by atoms with Gasteiger partial charge in [0.25, 0.3) is 0 Å². The Morgan fingerprint density at radius 3 is 2.79 bits per heavy atom. The van der Waals surface area contributed by atoms with Crippen LogP contribution in [0.1, 0.15) is 17.8 Å². The molecule has 10 heteroatoms. The van der Waals surface area contributed by atoms with Gasteiger partial charge >= 0.3 is 6.03 Å². The quantitative estimate of drug-likeness (QED) is 0.671. The van der Waals surface area contributed by atoms with E-state index in [2.05, 4.69) is 25.2 Å². The number of hydrogen-bond donors (Lipinski definition) is 2. The van der Waals surface area contributed by atoms with Crippen molar-refractivity contribution in [2.45, 2.75) is 13.3 Å². The third-order valence-electron chi connectivity index (χ3n) is 5.88.